The molecule has 0 radical (unpaired) electrons. The van der Waals surface area contributed by atoms with E-state index >= 15 is 0 Å². The molecular formula is C21H23NO3S. The van der Waals surface area contributed by atoms with E-state index in [0.717, 1.165) is 55.2 Å². The van der Waals surface area contributed by atoms with Gasteiger partial charge in [0.1, 0.15) is 12.4 Å². The standard InChI is InChI=1S/C21H23NO3S/c23-20-19(26-21(24)22-20)10-6-1-3-7-16-11-13-17(14-12-16)15-25-18-8-4-2-5-9-18/h2,4-5,8-9,11-14,19H,1,3,6-7,10,15H2,(H,22,23,24). The predicted molar refractivity (Wildman–Crippen MR) is 104 cm³/mol. The molecule has 1 fully saturated rings. The van der Waals surface area contributed by atoms with Crippen molar-refractivity contribution < 1.29 is 14.3 Å². The van der Waals surface area contributed by atoms with Crippen molar-refractivity contribution >= 4 is 22.9 Å². The van der Waals surface area contributed by atoms with Gasteiger partial charge in [0.2, 0.25) is 5.91 Å². The highest BCUT2D eigenvalue weighted by atomic mass is 32.2. The van der Waals surface area contributed by atoms with Crippen molar-refractivity contribution in [3.8, 4) is 5.75 Å². The molecule has 1 aliphatic rings. The third-order valence-corrected chi connectivity index (χ3v) is 5.42. The second-order valence-electron chi connectivity index (χ2n) is 6.40. The van der Waals surface area contributed by atoms with Crippen molar-refractivity contribution in [2.75, 3.05) is 0 Å². The number of nitrogens with one attached hydrogen (secondary N) is 1. The van der Waals surface area contributed by atoms with Gasteiger partial charge >= 0.3 is 0 Å². The maximum absolute atomic E-state index is 11.5. The molecule has 26 heavy (non-hydrogen) atoms. The summed E-state index contributed by atoms with van der Waals surface area (Å²) in [5, 5.41) is 1.93. The number of rotatable bonds is 9. The second kappa shape index (κ2) is 9.43. The number of imide groups is 1. The zero-order valence-corrected chi connectivity index (χ0v) is 15.5. The highest BCUT2D eigenvalue weighted by molar-refractivity contribution is 8.15. The molecule has 2 aromatic carbocycles. The topological polar surface area (TPSA) is 55.4 Å². The minimum atomic E-state index is -0.212. The maximum Gasteiger partial charge on any atom is 0.286 e. The fraction of sp³-hybridized carbons (Fsp3) is 0.333. The Morgan fingerprint density at radius 1 is 0.885 bits per heavy atom. The number of hydrogen-bond donors (Lipinski definition) is 1. The molecule has 0 aliphatic carbocycles. The van der Waals surface area contributed by atoms with Crippen molar-refractivity contribution in [1.82, 2.24) is 5.32 Å². The van der Waals surface area contributed by atoms with Gasteiger partial charge in [-0.15, -0.1) is 0 Å². The highest BCUT2D eigenvalue weighted by Crippen LogP contribution is 2.24. The molecule has 1 unspecified atom stereocenters. The lowest BCUT2D eigenvalue weighted by molar-refractivity contribution is -0.119. The molecule has 1 atom stereocenters. The van der Waals surface area contributed by atoms with Crippen LogP contribution >= 0.6 is 11.8 Å². The molecule has 5 heteroatoms. The highest BCUT2D eigenvalue weighted by Gasteiger charge is 2.30. The Morgan fingerprint density at radius 3 is 2.31 bits per heavy atom. The Bertz CT molecular complexity index is 731. The van der Waals surface area contributed by atoms with Crippen molar-refractivity contribution in [1.29, 1.82) is 0 Å². The molecule has 0 spiro atoms. The van der Waals surface area contributed by atoms with Crippen LogP contribution in [0.3, 0.4) is 0 Å². The average Bonchev–Trinajstić information content (AvgIpc) is 2.99. The summed E-state index contributed by atoms with van der Waals surface area (Å²) in [6.45, 7) is 0.574. The van der Waals surface area contributed by atoms with Gasteiger partial charge in [-0.3, -0.25) is 14.9 Å². The van der Waals surface area contributed by atoms with E-state index in [4.69, 9.17) is 4.74 Å². The number of ether oxygens (including phenoxy) is 1. The first-order valence-corrected chi connectivity index (χ1v) is 9.86. The first kappa shape index (κ1) is 18.5. The first-order chi connectivity index (χ1) is 12.7. The monoisotopic (exact) mass is 369 g/mol. The predicted octanol–water partition coefficient (Wildman–Crippen LogP) is 4.72. The number of carbonyl (C=O) groups is 2. The number of unbranched alkanes of at least 4 members (excludes halogenated alkanes) is 2. The molecule has 1 saturated heterocycles. The molecular weight excluding hydrogens is 346 g/mol. The van der Waals surface area contributed by atoms with Crippen LogP contribution in [0.5, 0.6) is 5.75 Å². The third-order valence-electron chi connectivity index (χ3n) is 4.37. The maximum atomic E-state index is 11.5. The average molecular weight is 369 g/mol. The lowest BCUT2D eigenvalue weighted by atomic mass is 10.0. The van der Waals surface area contributed by atoms with Crippen LogP contribution in [0.15, 0.2) is 54.6 Å². The number of hydrogen-bond acceptors (Lipinski definition) is 4. The van der Waals surface area contributed by atoms with Crippen molar-refractivity contribution in [3.63, 3.8) is 0 Å². The van der Waals surface area contributed by atoms with E-state index in [2.05, 4.69) is 29.6 Å². The summed E-state index contributed by atoms with van der Waals surface area (Å²) in [5.41, 5.74) is 2.48. The largest absolute Gasteiger partial charge is 0.489 e. The molecule has 1 heterocycles. The van der Waals surface area contributed by atoms with Crippen LogP contribution in [0.4, 0.5) is 4.79 Å². The molecule has 136 valence electrons. The van der Waals surface area contributed by atoms with Gasteiger partial charge in [-0.2, -0.15) is 0 Å². The molecule has 0 aromatic heterocycles. The number of amides is 2. The van der Waals surface area contributed by atoms with Crippen LogP contribution < -0.4 is 10.1 Å². The first-order valence-electron chi connectivity index (χ1n) is 8.98. The van der Waals surface area contributed by atoms with Crippen LogP contribution in [0.25, 0.3) is 0 Å². The lowest BCUT2D eigenvalue weighted by Gasteiger charge is -2.08. The Balaban J connectivity index is 1.33. The van der Waals surface area contributed by atoms with Gasteiger partial charge in [0.25, 0.3) is 5.24 Å². The number of para-hydroxylation sites is 1. The van der Waals surface area contributed by atoms with E-state index in [-0.39, 0.29) is 16.4 Å². The Labute approximate surface area is 158 Å². The van der Waals surface area contributed by atoms with E-state index < -0.39 is 0 Å². The van der Waals surface area contributed by atoms with Crippen LogP contribution in [0.2, 0.25) is 0 Å². The lowest BCUT2D eigenvalue weighted by Crippen LogP contribution is -2.24. The molecule has 0 bridgehead atoms. The van der Waals surface area contributed by atoms with Crippen molar-refractivity contribution in [2.45, 2.75) is 44.0 Å². The smallest absolute Gasteiger partial charge is 0.286 e. The molecule has 2 amide bonds. The summed E-state index contributed by atoms with van der Waals surface area (Å²) in [4.78, 5) is 22.6. The van der Waals surface area contributed by atoms with E-state index in [0.29, 0.717) is 6.61 Å². The molecule has 3 rings (SSSR count). The van der Waals surface area contributed by atoms with Gasteiger partial charge < -0.3 is 4.74 Å². The zero-order valence-electron chi connectivity index (χ0n) is 14.6. The molecule has 0 saturated carbocycles. The van der Waals surface area contributed by atoms with Crippen molar-refractivity contribution in [2.24, 2.45) is 0 Å². The Hall–Kier alpha value is -2.27. The number of benzene rings is 2. The molecule has 2 aromatic rings. The summed E-state index contributed by atoms with van der Waals surface area (Å²) in [5.74, 6) is 0.751. The van der Waals surface area contributed by atoms with Crippen LogP contribution in [0, 0.1) is 0 Å². The van der Waals surface area contributed by atoms with Gasteiger partial charge in [0, 0.05) is 0 Å². The van der Waals surface area contributed by atoms with E-state index in [1.165, 1.54) is 5.56 Å². The Morgan fingerprint density at radius 2 is 1.62 bits per heavy atom. The second-order valence-corrected chi connectivity index (χ2v) is 7.58. The SMILES string of the molecule is O=C1NC(=O)C(CCCCCc2ccc(COc3ccccc3)cc2)S1. The fourth-order valence-corrected chi connectivity index (χ4v) is 3.77. The molecule has 4 nitrogen and oxygen atoms in total. The van der Waals surface area contributed by atoms with Crippen molar-refractivity contribution in [3.05, 3.63) is 65.7 Å². The zero-order chi connectivity index (χ0) is 18.2. The van der Waals surface area contributed by atoms with E-state index in [1.54, 1.807) is 0 Å². The molecule has 1 aliphatic heterocycles. The minimum Gasteiger partial charge on any atom is -0.489 e. The number of thioether (sulfide) groups is 1. The minimum absolute atomic E-state index is 0.131. The van der Waals surface area contributed by atoms with Gasteiger partial charge in [-0.25, -0.2) is 0 Å². The number of aryl methyl sites for hydroxylation is 1. The Kier molecular flexibility index (Phi) is 6.72. The summed E-state index contributed by atoms with van der Waals surface area (Å²) in [6, 6.07) is 18.4. The van der Waals surface area contributed by atoms with Crippen LogP contribution in [0.1, 0.15) is 36.8 Å². The fourth-order valence-electron chi connectivity index (χ4n) is 2.90. The normalized spacial score (nSPS) is 16.5. The van der Waals surface area contributed by atoms with E-state index in [1.807, 2.05) is 30.3 Å². The number of carbonyl (C=O) groups excluding carboxylic acids is 2. The van der Waals surface area contributed by atoms with Gasteiger partial charge in [0.05, 0.1) is 5.25 Å². The summed E-state index contributed by atoms with van der Waals surface area (Å²) in [6.07, 6.45) is 4.94. The van der Waals surface area contributed by atoms with Gasteiger partial charge in [-0.1, -0.05) is 67.1 Å². The van der Waals surface area contributed by atoms with Crippen LogP contribution in [-0.2, 0) is 17.8 Å². The van der Waals surface area contributed by atoms with E-state index in [9.17, 15) is 9.59 Å². The summed E-state index contributed by atoms with van der Waals surface area (Å²) >= 11 is 1.12. The summed E-state index contributed by atoms with van der Waals surface area (Å²) < 4.78 is 5.75. The van der Waals surface area contributed by atoms with Gasteiger partial charge in [-0.05, 0) is 42.5 Å². The molecule has 1 N–H and O–H groups in total. The quantitative estimate of drug-likeness (QED) is 0.650. The van der Waals surface area contributed by atoms with Crippen LogP contribution in [-0.4, -0.2) is 16.4 Å². The summed E-state index contributed by atoms with van der Waals surface area (Å²) in [7, 11) is 0. The third kappa shape index (κ3) is 5.63. The van der Waals surface area contributed by atoms with Gasteiger partial charge in [0.15, 0.2) is 0 Å².